The lowest BCUT2D eigenvalue weighted by atomic mass is 9.75. The van der Waals surface area contributed by atoms with Crippen molar-refractivity contribution in [3.05, 3.63) is 12.2 Å². The highest BCUT2D eigenvalue weighted by atomic mass is 14.1. The first-order valence-corrected chi connectivity index (χ1v) is 4.02. The third-order valence-electron chi connectivity index (χ3n) is 2.00. The molecule has 1 heteroatoms. The third-order valence-corrected chi connectivity index (χ3v) is 2.00. The Balaban J connectivity index is 3.71. The van der Waals surface area contributed by atoms with Crippen molar-refractivity contribution in [2.45, 2.75) is 39.4 Å². The van der Waals surface area contributed by atoms with Crippen molar-refractivity contribution in [1.82, 2.24) is 0 Å². The number of allylic oxidation sites excluding steroid dienone is 1. The van der Waals surface area contributed by atoms with Crippen molar-refractivity contribution in [1.29, 1.82) is 0 Å². The van der Waals surface area contributed by atoms with E-state index in [0.717, 1.165) is 6.42 Å². The van der Waals surface area contributed by atoms with Crippen LogP contribution in [0, 0.1) is 5.92 Å². The Hall–Kier alpha value is -0.195. The fourth-order valence-electron chi connectivity index (χ4n) is 0.921. The van der Waals surface area contributed by atoms with Gasteiger partial charge in [0.2, 0.25) is 0 Å². The molecule has 2 atom stereocenters. The van der Waals surface area contributed by atoms with Crippen molar-refractivity contribution in [3.63, 3.8) is 0 Å². The molecule has 0 amide bonds. The average molecular weight is 136 g/mol. The van der Waals surface area contributed by atoms with E-state index in [1.54, 1.807) is 0 Å². The Kier molecular flexibility index (Phi) is 4.50. The molecule has 0 aliphatic heterocycles. The third kappa shape index (κ3) is 3.10. The maximum atomic E-state index is 5.71. The average Bonchev–Trinajstić information content (AvgIpc) is 1.87. The molecule has 0 spiro atoms. The van der Waals surface area contributed by atoms with Crippen LogP contribution in [-0.2, 0) is 0 Å². The summed E-state index contributed by atoms with van der Waals surface area (Å²) in [5.74, 6) is 0.721. The van der Waals surface area contributed by atoms with Gasteiger partial charge in [0.1, 0.15) is 0 Å². The van der Waals surface area contributed by atoms with E-state index in [1.807, 2.05) is 6.92 Å². The van der Waals surface area contributed by atoms with E-state index in [0.29, 0.717) is 5.92 Å². The van der Waals surface area contributed by atoms with Crippen LogP contribution >= 0.6 is 0 Å². The first-order valence-electron chi connectivity index (χ1n) is 4.02. The lowest BCUT2D eigenvalue weighted by molar-refractivity contribution is 0.620. The van der Waals surface area contributed by atoms with Crippen LogP contribution in [0.3, 0.4) is 0 Å². The maximum Gasteiger partial charge on any atom is 0.0703 e. The Morgan fingerprint density at radius 2 is 2.00 bits per heavy atom. The zero-order valence-corrected chi connectivity index (χ0v) is 7.35. The Morgan fingerprint density at radius 1 is 1.50 bits per heavy atom. The maximum absolute atomic E-state index is 5.71. The standard InChI is InChI=1S/C9H17B/c1-5-6-7(2)8(3)9(4)10/h8-9H,2,5-6H2,1,3-4H3. The summed E-state index contributed by atoms with van der Waals surface area (Å²) in [5, 5.41) is 0. The van der Waals surface area contributed by atoms with Crippen molar-refractivity contribution in [2.75, 3.05) is 0 Å². The molecule has 0 bridgehead atoms. The molecule has 0 saturated heterocycles. The molecule has 0 rings (SSSR count). The zero-order chi connectivity index (χ0) is 8.15. The van der Waals surface area contributed by atoms with Gasteiger partial charge in [-0.15, -0.1) is 0 Å². The highest BCUT2D eigenvalue weighted by Crippen LogP contribution is 2.23. The molecule has 56 valence electrons. The molecule has 2 radical (unpaired) electrons. The molecular weight excluding hydrogens is 119 g/mol. The van der Waals surface area contributed by atoms with E-state index in [9.17, 15) is 0 Å². The van der Waals surface area contributed by atoms with Gasteiger partial charge in [0.15, 0.2) is 0 Å². The lowest BCUT2D eigenvalue weighted by Gasteiger charge is -2.17. The van der Waals surface area contributed by atoms with E-state index in [2.05, 4.69) is 20.4 Å². The predicted octanol–water partition coefficient (Wildman–Crippen LogP) is 2.96. The van der Waals surface area contributed by atoms with Gasteiger partial charge < -0.3 is 0 Å². The summed E-state index contributed by atoms with van der Waals surface area (Å²) in [6, 6.07) is 0. The van der Waals surface area contributed by atoms with E-state index in [-0.39, 0.29) is 5.82 Å². The van der Waals surface area contributed by atoms with Crippen LogP contribution in [0.15, 0.2) is 12.2 Å². The zero-order valence-electron chi connectivity index (χ0n) is 7.35. The highest BCUT2D eigenvalue weighted by molar-refractivity contribution is 6.11. The van der Waals surface area contributed by atoms with Gasteiger partial charge in [-0.05, 0) is 12.3 Å². The Morgan fingerprint density at radius 3 is 2.30 bits per heavy atom. The van der Waals surface area contributed by atoms with Crippen LogP contribution in [0.25, 0.3) is 0 Å². The fraction of sp³-hybridized carbons (Fsp3) is 0.778. The monoisotopic (exact) mass is 136 g/mol. The van der Waals surface area contributed by atoms with E-state index in [4.69, 9.17) is 7.85 Å². The Labute approximate surface area is 66.1 Å². The normalized spacial score (nSPS) is 16.3. The second-order valence-corrected chi connectivity index (χ2v) is 3.06. The van der Waals surface area contributed by atoms with Gasteiger partial charge in [-0.3, -0.25) is 0 Å². The summed E-state index contributed by atoms with van der Waals surface area (Å²) in [6.07, 6.45) is 2.29. The molecule has 0 fully saturated rings. The highest BCUT2D eigenvalue weighted by Gasteiger charge is 2.08. The quantitative estimate of drug-likeness (QED) is 0.411. The molecule has 0 nitrogen and oxygen atoms in total. The topological polar surface area (TPSA) is 0 Å². The van der Waals surface area contributed by atoms with Crippen molar-refractivity contribution < 1.29 is 0 Å². The van der Waals surface area contributed by atoms with Gasteiger partial charge >= 0.3 is 0 Å². The summed E-state index contributed by atoms with van der Waals surface area (Å²) in [5.41, 5.74) is 1.29. The Bertz CT molecular complexity index is 105. The van der Waals surface area contributed by atoms with Crippen LogP contribution in [0.5, 0.6) is 0 Å². The van der Waals surface area contributed by atoms with Gasteiger partial charge in [-0.2, -0.15) is 0 Å². The van der Waals surface area contributed by atoms with E-state index in [1.165, 1.54) is 12.0 Å². The molecule has 2 unspecified atom stereocenters. The molecule has 0 aromatic heterocycles. The van der Waals surface area contributed by atoms with Gasteiger partial charge in [-0.25, -0.2) is 0 Å². The molecule has 0 aromatic rings. The second-order valence-electron chi connectivity index (χ2n) is 3.06. The minimum Gasteiger partial charge on any atom is -0.0996 e. The lowest BCUT2D eigenvalue weighted by Crippen LogP contribution is -2.04. The van der Waals surface area contributed by atoms with E-state index >= 15 is 0 Å². The SMILES string of the molecule is [B]C(C)C(C)C(=C)CCC. The first kappa shape index (κ1) is 9.80. The smallest absolute Gasteiger partial charge is 0.0703 e. The molecule has 0 aliphatic carbocycles. The molecule has 0 N–H and O–H groups in total. The van der Waals surface area contributed by atoms with Crippen LogP contribution in [0.4, 0.5) is 0 Å². The summed E-state index contributed by atoms with van der Waals surface area (Å²) < 4.78 is 0. The second kappa shape index (κ2) is 4.59. The minimum atomic E-state index is 0.249. The molecule has 0 saturated carbocycles. The van der Waals surface area contributed by atoms with Gasteiger partial charge in [0.05, 0.1) is 7.85 Å². The molecule has 0 aromatic carbocycles. The molecule has 0 aliphatic rings. The van der Waals surface area contributed by atoms with Gasteiger partial charge in [0.25, 0.3) is 0 Å². The molecular formula is C9H17B. The largest absolute Gasteiger partial charge is 0.0996 e. The molecule has 10 heavy (non-hydrogen) atoms. The summed E-state index contributed by atoms with van der Waals surface area (Å²) in [4.78, 5) is 0. The number of hydrogen-bond acceptors (Lipinski definition) is 0. The summed E-state index contributed by atoms with van der Waals surface area (Å²) in [6.45, 7) is 10.3. The van der Waals surface area contributed by atoms with Gasteiger partial charge in [0, 0.05) is 0 Å². The van der Waals surface area contributed by atoms with E-state index < -0.39 is 0 Å². The summed E-state index contributed by atoms with van der Waals surface area (Å²) in [7, 11) is 5.71. The van der Waals surface area contributed by atoms with Crippen LogP contribution in [0.1, 0.15) is 33.6 Å². The number of hydrogen-bond donors (Lipinski definition) is 0. The van der Waals surface area contributed by atoms with Crippen LogP contribution in [-0.4, -0.2) is 7.85 Å². The number of rotatable bonds is 4. The van der Waals surface area contributed by atoms with Gasteiger partial charge in [-0.1, -0.05) is 45.2 Å². The fourth-order valence-corrected chi connectivity index (χ4v) is 0.921. The predicted molar refractivity (Wildman–Crippen MR) is 48.4 cm³/mol. The van der Waals surface area contributed by atoms with Crippen LogP contribution in [0.2, 0.25) is 5.82 Å². The molecule has 0 heterocycles. The minimum absolute atomic E-state index is 0.249. The summed E-state index contributed by atoms with van der Waals surface area (Å²) >= 11 is 0. The van der Waals surface area contributed by atoms with Crippen molar-refractivity contribution >= 4 is 7.85 Å². The van der Waals surface area contributed by atoms with Crippen LogP contribution < -0.4 is 0 Å². The first-order chi connectivity index (χ1) is 4.59. The van der Waals surface area contributed by atoms with Crippen molar-refractivity contribution in [2.24, 2.45) is 5.92 Å². The van der Waals surface area contributed by atoms with Crippen molar-refractivity contribution in [3.8, 4) is 0 Å².